The monoisotopic (exact) mass is 599 g/mol. The predicted molar refractivity (Wildman–Crippen MR) is 163 cm³/mol. The summed E-state index contributed by atoms with van der Waals surface area (Å²) in [4.78, 5) is 33.7. The van der Waals surface area contributed by atoms with Gasteiger partial charge in [-0.25, -0.2) is 4.98 Å². The zero-order valence-electron chi connectivity index (χ0n) is 22.5. The molecule has 1 aliphatic heterocycles. The Hall–Kier alpha value is -3.95. The second kappa shape index (κ2) is 9.91. The number of carbonyl (C=O) groups is 2. The van der Waals surface area contributed by atoms with Crippen molar-refractivity contribution in [3.8, 4) is 0 Å². The van der Waals surface area contributed by atoms with Crippen LogP contribution < -0.4 is 16.4 Å². The molecule has 1 aliphatic carbocycles. The summed E-state index contributed by atoms with van der Waals surface area (Å²) in [7, 11) is 0. The van der Waals surface area contributed by atoms with E-state index in [1.165, 1.54) is 5.57 Å². The number of rotatable bonds is 5. The third-order valence-corrected chi connectivity index (χ3v) is 7.64. The molecule has 4 aromatic rings. The number of aromatic amines is 1. The lowest BCUT2D eigenvalue weighted by Gasteiger charge is -2.20. The van der Waals surface area contributed by atoms with Gasteiger partial charge in [0.25, 0.3) is 0 Å². The van der Waals surface area contributed by atoms with Crippen LogP contribution in [0.2, 0.25) is 0 Å². The van der Waals surface area contributed by atoms with Crippen LogP contribution in [0.4, 0.5) is 5.69 Å². The lowest BCUT2D eigenvalue weighted by molar-refractivity contribution is -0.155. The summed E-state index contributed by atoms with van der Waals surface area (Å²) in [6, 6.07) is 13.1. The average Bonchev–Trinajstić information content (AvgIpc) is 3.52. The molecule has 0 fully saturated rings. The fraction of sp³-hybridized carbons (Fsp3) is 0.258. The lowest BCUT2D eigenvalue weighted by Crippen LogP contribution is -2.39. The van der Waals surface area contributed by atoms with Crippen LogP contribution in [-0.4, -0.2) is 39.5 Å². The summed E-state index contributed by atoms with van der Waals surface area (Å²) >= 11 is 3.62. The molecule has 5 N–H and O–H groups in total. The molecule has 0 saturated heterocycles. The van der Waals surface area contributed by atoms with E-state index in [2.05, 4.69) is 55.8 Å². The van der Waals surface area contributed by atoms with E-state index >= 15 is 0 Å². The quantitative estimate of drug-likeness (QED) is 0.170. The van der Waals surface area contributed by atoms with Gasteiger partial charge in [0.1, 0.15) is 11.4 Å². The number of imidazole rings is 1. The fourth-order valence-corrected chi connectivity index (χ4v) is 5.76. The number of nitrogens with zero attached hydrogens (tertiary/aromatic N) is 1. The van der Waals surface area contributed by atoms with Crippen molar-refractivity contribution in [1.82, 2.24) is 15.3 Å². The van der Waals surface area contributed by atoms with Crippen LogP contribution in [-0.2, 0) is 14.3 Å². The zero-order chi connectivity index (χ0) is 28.2. The van der Waals surface area contributed by atoms with Gasteiger partial charge in [0.15, 0.2) is 0 Å². The normalized spacial score (nSPS) is 17.6. The SMILES string of the molecule is CC(C)(C)OC(=O)C[C@H](N)C(=O)Nc1ccc2c3ccccc3c3nc(C4=CNC5CC=C(Br)C=C45)[nH]c3c2c1. The van der Waals surface area contributed by atoms with E-state index in [9.17, 15) is 9.59 Å². The van der Waals surface area contributed by atoms with Gasteiger partial charge in [-0.05, 0) is 61.7 Å². The van der Waals surface area contributed by atoms with Gasteiger partial charge in [-0.15, -0.1) is 0 Å². The Morgan fingerprint density at radius 1 is 1.15 bits per heavy atom. The van der Waals surface area contributed by atoms with E-state index in [4.69, 9.17) is 15.5 Å². The van der Waals surface area contributed by atoms with Gasteiger partial charge in [-0.2, -0.15) is 0 Å². The molecule has 40 heavy (non-hydrogen) atoms. The van der Waals surface area contributed by atoms with Crippen molar-refractivity contribution in [2.24, 2.45) is 5.73 Å². The number of ether oxygens (including phenoxy) is 1. The molecule has 9 heteroatoms. The van der Waals surface area contributed by atoms with Crippen molar-refractivity contribution >= 4 is 71.6 Å². The first-order valence-corrected chi connectivity index (χ1v) is 14.0. The van der Waals surface area contributed by atoms with Crippen molar-refractivity contribution in [3.05, 3.63) is 76.7 Å². The molecule has 204 valence electrons. The highest BCUT2D eigenvalue weighted by Crippen LogP contribution is 2.39. The van der Waals surface area contributed by atoms with E-state index in [0.29, 0.717) is 5.69 Å². The Kier molecular flexibility index (Phi) is 6.51. The second-order valence-electron chi connectivity index (χ2n) is 11.2. The van der Waals surface area contributed by atoms with Crippen LogP contribution in [0.5, 0.6) is 0 Å². The topological polar surface area (TPSA) is 122 Å². The maximum Gasteiger partial charge on any atom is 0.308 e. The highest BCUT2D eigenvalue weighted by molar-refractivity contribution is 9.11. The largest absolute Gasteiger partial charge is 0.460 e. The van der Waals surface area contributed by atoms with Gasteiger partial charge in [0, 0.05) is 32.7 Å². The number of carbonyl (C=O) groups excluding carboxylic acids is 2. The van der Waals surface area contributed by atoms with Crippen molar-refractivity contribution in [3.63, 3.8) is 0 Å². The number of halogens is 1. The summed E-state index contributed by atoms with van der Waals surface area (Å²) in [6.07, 6.45) is 7.01. The minimum atomic E-state index is -1.03. The Balaban J connectivity index is 1.38. The highest BCUT2D eigenvalue weighted by atomic mass is 79.9. The average molecular weight is 601 g/mol. The van der Waals surface area contributed by atoms with Crippen LogP contribution in [0, 0.1) is 0 Å². The van der Waals surface area contributed by atoms with Crippen molar-refractivity contribution < 1.29 is 14.3 Å². The van der Waals surface area contributed by atoms with Gasteiger partial charge in [-0.1, -0.05) is 52.3 Å². The van der Waals surface area contributed by atoms with E-state index < -0.39 is 23.5 Å². The number of anilines is 1. The van der Waals surface area contributed by atoms with Crippen molar-refractivity contribution in [1.29, 1.82) is 0 Å². The molecule has 2 heterocycles. The molecule has 0 spiro atoms. The summed E-state index contributed by atoms with van der Waals surface area (Å²) < 4.78 is 6.37. The molecule has 0 radical (unpaired) electrons. The number of nitrogens with two attached hydrogens (primary N) is 1. The molecular formula is C31H30BrN5O3. The zero-order valence-corrected chi connectivity index (χ0v) is 24.1. The number of amides is 1. The third-order valence-electron chi connectivity index (χ3n) is 7.09. The Bertz CT molecular complexity index is 1790. The first-order chi connectivity index (χ1) is 19.1. The van der Waals surface area contributed by atoms with Crippen LogP contribution >= 0.6 is 15.9 Å². The van der Waals surface area contributed by atoms with Crippen molar-refractivity contribution in [2.75, 3.05) is 5.32 Å². The second-order valence-corrected chi connectivity index (χ2v) is 12.1. The number of hydrogen-bond acceptors (Lipinski definition) is 6. The first kappa shape index (κ1) is 26.3. The summed E-state index contributed by atoms with van der Waals surface area (Å²) in [6.45, 7) is 5.32. The molecule has 0 bridgehead atoms. The van der Waals surface area contributed by atoms with Gasteiger partial charge in [-0.3, -0.25) is 9.59 Å². The third kappa shape index (κ3) is 4.91. The van der Waals surface area contributed by atoms with E-state index in [1.807, 2.05) is 36.5 Å². The molecule has 1 aromatic heterocycles. The number of allylic oxidation sites excluding steroid dienone is 2. The number of fused-ring (bicyclic) bond motifs is 7. The Morgan fingerprint density at radius 2 is 1.90 bits per heavy atom. The summed E-state index contributed by atoms with van der Waals surface area (Å²) in [5.41, 5.74) is 9.94. The minimum absolute atomic E-state index is 0.208. The van der Waals surface area contributed by atoms with E-state index in [-0.39, 0.29) is 12.5 Å². The predicted octanol–water partition coefficient (Wildman–Crippen LogP) is 5.79. The molecule has 1 amide bonds. The van der Waals surface area contributed by atoms with Gasteiger partial charge in [0.2, 0.25) is 5.91 Å². The number of aromatic nitrogens is 2. The van der Waals surface area contributed by atoms with Gasteiger partial charge < -0.3 is 26.1 Å². The molecule has 0 saturated carbocycles. The molecule has 2 atom stereocenters. The Labute approximate surface area is 239 Å². The maximum absolute atomic E-state index is 12.9. The number of hydrogen-bond donors (Lipinski definition) is 4. The van der Waals surface area contributed by atoms with Crippen molar-refractivity contribution in [2.45, 2.75) is 51.3 Å². The summed E-state index contributed by atoms with van der Waals surface area (Å²) in [5.74, 6) is -0.186. The molecule has 2 aliphatic rings. The van der Waals surface area contributed by atoms with Crippen LogP contribution in [0.15, 0.2) is 70.9 Å². The van der Waals surface area contributed by atoms with E-state index in [1.54, 1.807) is 20.8 Å². The highest BCUT2D eigenvalue weighted by Gasteiger charge is 2.28. The van der Waals surface area contributed by atoms with Crippen LogP contribution in [0.25, 0.3) is 38.2 Å². The number of H-pyrrole nitrogens is 1. The number of nitrogens with one attached hydrogen (secondary N) is 3. The molecule has 3 aromatic carbocycles. The maximum atomic E-state index is 12.9. The number of esters is 1. The van der Waals surface area contributed by atoms with Crippen LogP contribution in [0.1, 0.15) is 39.4 Å². The molecule has 6 rings (SSSR count). The minimum Gasteiger partial charge on any atom is -0.460 e. The smallest absolute Gasteiger partial charge is 0.308 e. The standard InChI is InChI=1S/C31H30BrN5O3/c1-31(2,3)40-26(38)14-24(33)30(39)35-17-9-10-19-18-6-4-5-7-20(18)27-28(22(19)13-17)37-29(36-27)23-15-34-25-11-8-16(32)12-21(23)25/h4-10,12-13,15,24-25,34H,11,14,33H2,1-3H3,(H,35,39)(H,36,37)/t24-,25?/m0/s1. The van der Waals surface area contributed by atoms with Crippen LogP contribution in [0.3, 0.4) is 0 Å². The fourth-order valence-electron chi connectivity index (χ4n) is 5.33. The Morgan fingerprint density at radius 3 is 2.67 bits per heavy atom. The van der Waals surface area contributed by atoms with Gasteiger partial charge in [0.05, 0.1) is 29.5 Å². The lowest BCUT2D eigenvalue weighted by atomic mass is 9.96. The van der Waals surface area contributed by atoms with E-state index in [0.717, 1.165) is 54.9 Å². The van der Waals surface area contributed by atoms with Gasteiger partial charge >= 0.3 is 5.97 Å². The molecule has 8 nitrogen and oxygen atoms in total. The first-order valence-electron chi connectivity index (χ1n) is 13.2. The number of benzene rings is 3. The summed E-state index contributed by atoms with van der Waals surface area (Å²) in [5, 5.41) is 10.4. The molecule has 1 unspecified atom stereocenters. The molecular weight excluding hydrogens is 570 g/mol.